The molecule has 5 heteroatoms. The second-order valence-corrected chi connectivity index (χ2v) is 11.3. The second kappa shape index (κ2) is 8.88. The van der Waals surface area contributed by atoms with Crippen LogP contribution in [0.1, 0.15) is 86.5 Å². The van der Waals surface area contributed by atoms with E-state index in [2.05, 4.69) is 76.1 Å². The first-order chi connectivity index (χ1) is 16.3. The van der Waals surface area contributed by atoms with Crippen LogP contribution < -0.4 is 5.32 Å². The Hall–Kier alpha value is -3.60. The smallest absolute Gasteiger partial charge is 0.268 e. The molecule has 1 amide bonds. The highest BCUT2D eigenvalue weighted by Gasteiger charge is 2.29. The number of aromatic nitrogens is 1. The molecule has 4 rings (SSSR count). The predicted molar refractivity (Wildman–Crippen MR) is 141 cm³/mol. The van der Waals surface area contributed by atoms with Gasteiger partial charge in [-0.3, -0.25) is 9.59 Å². The summed E-state index contributed by atoms with van der Waals surface area (Å²) in [4.78, 5) is 28.0. The van der Waals surface area contributed by atoms with Crippen LogP contribution in [0.5, 0.6) is 0 Å². The van der Waals surface area contributed by atoms with Crippen molar-refractivity contribution in [1.82, 2.24) is 10.3 Å². The number of benzene rings is 2. The Labute approximate surface area is 206 Å². The predicted octanol–water partition coefficient (Wildman–Crippen LogP) is 7.45. The Balaban J connectivity index is 1.55. The van der Waals surface area contributed by atoms with E-state index in [9.17, 15) is 9.59 Å². The number of carbonyl (C=O) groups is 2. The third-order valence-corrected chi connectivity index (χ3v) is 6.38. The van der Waals surface area contributed by atoms with Crippen molar-refractivity contribution in [2.45, 2.75) is 59.9 Å². The number of hydrogen-bond acceptors (Lipinski definition) is 3. The lowest BCUT2D eigenvalue weighted by molar-refractivity contribution is 0.0896. The van der Waals surface area contributed by atoms with E-state index < -0.39 is 0 Å². The van der Waals surface area contributed by atoms with E-state index in [4.69, 9.17) is 4.42 Å². The summed E-state index contributed by atoms with van der Waals surface area (Å²) in [6.45, 7) is 14.4. The van der Waals surface area contributed by atoms with E-state index in [0.29, 0.717) is 16.8 Å². The minimum absolute atomic E-state index is 0.0198. The van der Waals surface area contributed by atoms with Crippen molar-refractivity contribution >= 4 is 22.8 Å². The average molecular weight is 471 g/mol. The SMILES string of the molecule is CC(=O)c1ccc(C(NC(=O)c2cc3oc(-c4ccc(C(C)(C)C)cc4)cc3[nH]2)C(C)(C)C)cc1. The van der Waals surface area contributed by atoms with Gasteiger partial charge >= 0.3 is 0 Å². The Morgan fingerprint density at radius 2 is 1.51 bits per heavy atom. The van der Waals surface area contributed by atoms with E-state index in [1.54, 1.807) is 25.1 Å². The first-order valence-corrected chi connectivity index (χ1v) is 12.0. The van der Waals surface area contributed by atoms with Crippen LogP contribution in [0.15, 0.2) is 65.1 Å². The second-order valence-electron chi connectivity index (χ2n) is 11.3. The van der Waals surface area contributed by atoms with Crippen LogP contribution in [0.25, 0.3) is 22.4 Å². The van der Waals surface area contributed by atoms with Crippen LogP contribution in [0.2, 0.25) is 0 Å². The summed E-state index contributed by atoms with van der Waals surface area (Å²) in [5.74, 6) is 0.575. The van der Waals surface area contributed by atoms with Crippen molar-refractivity contribution in [3.63, 3.8) is 0 Å². The number of H-pyrrole nitrogens is 1. The van der Waals surface area contributed by atoms with Gasteiger partial charge in [0.2, 0.25) is 0 Å². The summed E-state index contributed by atoms with van der Waals surface area (Å²) in [6.07, 6.45) is 0. The van der Waals surface area contributed by atoms with Crippen molar-refractivity contribution in [2.24, 2.45) is 5.41 Å². The fraction of sp³-hybridized carbons (Fsp3) is 0.333. The molecular weight excluding hydrogens is 436 g/mol. The van der Waals surface area contributed by atoms with Gasteiger partial charge in [0.25, 0.3) is 5.91 Å². The third-order valence-electron chi connectivity index (χ3n) is 6.38. The number of nitrogens with one attached hydrogen (secondary N) is 2. The molecular formula is C30H34N2O3. The molecule has 2 heterocycles. The molecule has 35 heavy (non-hydrogen) atoms. The van der Waals surface area contributed by atoms with Crippen molar-refractivity contribution in [1.29, 1.82) is 0 Å². The zero-order chi connectivity index (χ0) is 25.5. The normalized spacial score (nSPS) is 13.1. The van der Waals surface area contributed by atoms with Gasteiger partial charge in [-0.2, -0.15) is 0 Å². The molecule has 0 radical (unpaired) electrons. The van der Waals surface area contributed by atoms with E-state index in [0.717, 1.165) is 22.4 Å². The summed E-state index contributed by atoms with van der Waals surface area (Å²) >= 11 is 0. The van der Waals surface area contributed by atoms with E-state index in [1.165, 1.54) is 5.56 Å². The number of furan rings is 1. The fourth-order valence-electron chi connectivity index (χ4n) is 4.24. The number of fused-ring (bicyclic) bond motifs is 1. The highest BCUT2D eigenvalue weighted by Crippen LogP contribution is 2.34. The number of amides is 1. The molecule has 2 aromatic carbocycles. The molecule has 182 valence electrons. The minimum Gasteiger partial charge on any atom is -0.454 e. The third kappa shape index (κ3) is 5.24. The highest BCUT2D eigenvalue weighted by atomic mass is 16.3. The largest absolute Gasteiger partial charge is 0.454 e. The van der Waals surface area contributed by atoms with Crippen LogP contribution in [0.4, 0.5) is 0 Å². The van der Waals surface area contributed by atoms with Gasteiger partial charge in [0.1, 0.15) is 11.5 Å². The van der Waals surface area contributed by atoms with Gasteiger partial charge in [-0.1, -0.05) is 90.1 Å². The summed E-state index contributed by atoms with van der Waals surface area (Å²) in [7, 11) is 0. The quantitative estimate of drug-likeness (QED) is 0.298. The Morgan fingerprint density at radius 1 is 0.886 bits per heavy atom. The molecule has 0 bridgehead atoms. The molecule has 0 saturated heterocycles. The molecule has 0 aliphatic rings. The van der Waals surface area contributed by atoms with Crippen LogP contribution in [-0.2, 0) is 5.41 Å². The lowest BCUT2D eigenvalue weighted by Crippen LogP contribution is -2.36. The molecule has 0 saturated carbocycles. The van der Waals surface area contributed by atoms with Crippen molar-refractivity contribution < 1.29 is 14.0 Å². The first kappa shape index (κ1) is 24.5. The van der Waals surface area contributed by atoms with Gasteiger partial charge in [0.15, 0.2) is 11.4 Å². The molecule has 2 N–H and O–H groups in total. The molecule has 2 aromatic heterocycles. The zero-order valence-corrected chi connectivity index (χ0v) is 21.6. The topological polar surface area (TPSA) is 75.1 Å². The van der Waals surface area contributed by atoms with Crippen molar-refractivity contribution in [3.05, 3.63) is 83.0 Å². The van der Waals surface area contributed by atoms with Crippen LogP contribution in [-0.4, -0.2) is 16.7 Å². The summed E-state index contributed by atoms with van der Waals surface area (Å²) in [6, 6.07) is 19.3. The number of ketones is 1. The molecule has 5 nitrogen and oxygen atoms in total. The molecule has 0 aliphatic carbocycles. The molecule has 0 spiro atoms. The van der Waals surface area contributed by atoms with Crippen LogP contribution in [0, 0.1) is 5.41 Å². The highest BCUT2D eigenvalue weighted by molar-refractivity contribution is 5.98. The van der Waals surface area contributed by atoms with Gasteiger partial charge in [0.05, 0.1) is 11.6 Å². The molecule has 0 fully saturated rings. The number of rotatable bonds is 5. The van der Waals surface area contributed by atoms with E-state index >= 15 is 0 Å². The maximum Gasteiger partial charge on any atom is 0.268 e. The average Bonchev–Trinajstić information content (AvgIpc) is 3.36. The number of carbonyl (C=O) groups excluding carboxylic acids is 2. The standard InChI is InChI=1S/C30H34N2O3/c1-18(33)19-8-10-21(11-9-19)27(30(5,6)7)32-28(34)24-17-26-23(31-24)16-25(35-26)20-12-14-22(15-13-20)29(2,3)4/h8-17,27,31H,1-7H3,(H,32,34). The van der Waals surface area contributed by atoms with E-state index in [-0.39, 0.29) is 28.6 Å². The van der Waals surface area contributed by atoms with Gasteiger partial charge in [0, 0.05) is 23.3 Å². The zero-order valence-electron chi connectivity index (χ0n) is 21.6. The maximum absolute atomic E-state index is 13.2. The number of aromatic amines is 1. The summed E-state index contributed by atoms with van der Waals surface area (Å²) in [5, 5.41) is 3.16. The van der Waals surface area contributed by atoms with Crippen LogP contribution in [0.3, 0.4) is 0 Å². The van der Waals surface area contributed by atoms with Crippen molar-refractivity contribution in [2.75, 3.05) is 0 Å². The fourth-order valence-corrected chi connectivity index (χ4v) is 4.24. The molecule has 0 aliphatic heterocycles. The Bertz CT molecular complexity index is 1330. The summed E-state index contributed by atoms with van der Waals surface area (Å²) in [5.41, 5.74) is 5.60. The van der Waals surface area contributed by atoms with Crippen molar-refractivity contribution in [3.8, 4) is 11.3 Å². The van der Waals surface area contributed by atoms with Gasteiger partial charge in [-0.25, -0.2) is 0 Å². The monoisotopic (exact) mass is 470 g/mol. The maximum atomic E-state index is 13.2. The minimum atomic E-state index is -0.234. The van der Waals surface area contributed by atoms with E-state index in [1.807, 2.05) is 18.2 Å². The number of Topliss-reactive ketones (excluding diaryl/α,β-unsaturated/α-hetero) is 1. The number of hydrogen-bond donors (Lipinski definition) is 2. The first-order valence-electron chi connectivity index (χ1n) is 12.0. The lowest BCUT2D eigenvalue weighted by atomic mass is 9.82. The van der Waals surface area contributed by atoms with Gasteiger partial charge in [-0.05, 0) is 28.9 Å². The van der Waals surface area contributed by atoms with Gasteiger partial charge in [-0.15, -0.1) is 0 Å². The Morgan fingerprint density at radius 3 is 2.03 bits per heavy atom. The lowest BCUT2D eigenvalue weighted by Gasteiger charge is -2.32. The summed E-state index contributed by atoms with van der Waals surface area (Å²) < 4.78 is 6.06. The Kier molecular flexibility index (Phi) is 6.22. The van der Waals surface area contributed by atoms with Crippen LogP contribution >= 0.6 is 0 Å². The molecule has 1 atom stereocenters. The van der Waals surface area contributed by atoms with Gasteiger partial charge < -0.3 is 14.7 Å². The molecule has 4 aromatic rings. The molecule has 1 unspecified atom stereocenters.